The fraction of sp³-hybridized carbons (Fsp3) is 0.250. The lowest BCUT2D eigenvalue weighted by Crippen LogP contribution is -2.43. The molecule has 170 valence electrons. The molecule has 0 aromatic heterocycles. The standard InChI is InChI=1S/C24H27NO6S/c1-18-4-14-24(15-5-18)32(26,27)25-19(16-30-22-10-6-20(28-2)7-11-22)17-31-23-12-8-21(29-3)9-13-23/h4-15,19,25H,16-17H2,1-3H3. The molecule has 1 N–H and O–H groups in total. The first-order valence-electron chi connectivity index (χ1n) is 10.0. The lowest BCUT2D eigenvalue weighted by Gasteiger charge is -2.20. The van der Waals surface area contributed by atoms with E-state index >= 15 is 0 Å². The van der Waals surface area contributed by atoms with Crippen molar-refractivity contribution in [3.8, 4) is 23.0 Å². The molecule has 0 aliphatic heterocycles. The van der Waals surface area contributed by atoms with Gasteiger partial charge in [-0.25, -0.2) is 13.1 Å². The van der Waals surface area contributed by atoms with E-state index in [9.17, 15) is 8.42 Å². The molecule has 0 unspecified atom stereocenters. The van der Waals surface area contributed by atoms with Gasteiger partial charge in [-0.15, -0.1) is 0 Å². The van der Waals surface area contributed by atoms with Gasteiger partial charge in [0.1, 0.15) is 36.2 Å². The van der Waals surface area contributed by atoms with Gasteiger partial charge >= 0.3 is 0 Å². The predicted molar refractivity (Wildman–Crippen MR) is 122 cm³/mol. The molecule has 0 atom stereocenters. The topological polar surface area (TPSA) is 83.1 Å². The summed E-state index contributed by atoms with van der Waals surface area (Å²) < 4.78 is 50.4. The quantitative estimate of drug-likeness (QED) is 0.471. The molecule has 0 radical (unpaired) electrons. The summed E-state index contributed by atoms with van der Waals surface area (Å²) in [4.78, 5) is 0.182. The highest BCUT2D eigenvalue weighted by Crippen LogP contribution is 2.19. The Morgan fingerprint density at radius 3 is 1.50 bits per heavy atom. The molecule has 3 aromatic rings. The van der Waals surface area contributed by atoms with Crippen LogP contribution in [0.4, 0.5) is 0 Å². The van der Waals surface area contributed by atoms with Crippen molar-refractivity contribution in [2.45, 2.75) is 17.9 Å². The first-order chi connectivity index (χ1) is 15.4. The normalized spacial score (nSPS) is 11.2. The monoisotopic (exact) mass is 457 g/mol. The number of ether oxygens (including phenoxy) is 4. The molecule has 3 rings (SSSR count). The van der Waals surface area contributed by atoms with Crippen molar-refractivity contribution in [3.05, 3.63) is 78.4 Å². The summed E-state index contributed by atoms with van der Waals surface area (Å²) in [6.07, 6.45) is 0. The molecule has 0 spiro atoms. The first-order valence-corrected chi connectivity index (χ1v) is 11.5. The van der Waals surface area contributed by atoms with E-state index in [1.807, 2.05) is 6.92 Å². The molecule has 3 aromatic carbocycles. The first kappa shape index (κ1) is 23.4. The zero-order chi connectivity index (χ0) is 23.0. The Labute approximate surface area is 189 Å². The van der Waals surface area contributed by atoms with Gasteiger partial charge in [-0.2, -0.15) is 0 Å². The minimum Gasteiger partial charge on any atom is -0.497 e. The van der Waals surface area contributed by atoms with Gasteiger partial charge in [-0.05, 0) is 67.6 Å². The summed E-state index contributed by atoms with van der Waals surface area (Å²) >= 11 is 0. The fourth-order valence-electron chi connectivity index (χ4n) is 2.86. The third-order valence-corrected chi connectivity index (χ3v) is 6.21. The van der Waals surface area contributed by atoms with E-state index in [1.165, 1.54) is 0 Å². The Morgan fingerprint density at radius 2 is 1.09 bits per heavy atom. The van der Waals surface area contributed by atoms with Crippen LogP contribution in [0.5, 0.6) is 23.0 Å². The summed E-state index contributed by atoms with van der Waals surface area (Å²) in [5, 5.41) is 0. The Hall–Kier alpha value is -3.23. The van der Waals surface area contributed by atoms with Crippen LogP contribution in [0, 0.1) is 6.92 Å². The summed E-state index contributed by atoms with van der Waals surface area (Å²) in [7, 11) is -0.585. The van der Waals surface area contributed by atoms with Crippen molar-refractivity contribution in [1.29, 1.82) is 0 Å². The predicted octanol–water partition coefficient (Wildman–Crippen LogP) is 3.82. The van der Waals surface area contributed by atoms with E-state index in [-0.39, 0.29) is 18.1 Å². The van der Waals surface area contributed by atoms with Gasteiger partial charge < -0.3 is 18.9 Å². The van der Waals surface area contributed by atoms with E-state index in [1.54, 1.807) is 87.0 Å². The van der Waals surface area contributed by atoms with E-state index in [2.05, 4.69) is 4.72 Å². The van der Waals surface area contributed by atoms with E-state index in [4.69, 9.17) is 18.9 Å². The molecule has 0 bridgehead atoms. The summed E-state index contributed by atoms with van der Waals surface area (Å²) in [5.74, 6) is 2.60. The molecular formula is C24H27NO6S. The van der Waals surface area contributed by atoms with E-state index < -0.39 is 16.1 Å². The number of benzene rings is 3. The molecule has 0 heterocycles. The zero-order valence-electron chi connectivity index (χ0n) is 18.3. The third kappa shape index (κ3) is 6.63. The van der Waals surface area contributed by atoms with Crippen molar-refractivity contribution in [2.24, 2.45) is 0 Å². The number of sulfonamides is 1. The maximum atomic E-state index is 12.9. The Bertz CT molecular complexity index is 1030. The third-order valence-electron chi connectivity index (χ3n) is 4.67. The van der Waals surface area contributed by atoms with Crippen LogP contribution in [0.25, 0.3) is 0 Å². The maximum Gasteiger partial charge on any atom is 0.241 e. The van der Waals surface area contributed by atoms with Gasteiger partial charge in [0.25, 0.3) is 0 Å². The number of methoxy groups -OCH3 is 2. The number of hydrogen-bond donors (Lipinski definition) is 1. The van der Waals surface area contributed by atoms with Crippen LogP contribution in [-0.2, 0) is 10.0 Å². The molecule has 0 fully saturated rings. The molecule has 0 saturated carbocycles. The number of aryl methyl sites for hydroxylation is 1. The molecule has 0 amide bonds. The van der Waals surface area contributed by atoms with E-state index in [0.29, 0.717) is 23.0 Å². The van der Waals surface area contributed by atoms with Crippen molar-refractivity contribution in [1.82, 2.24) is 4.72 Å². The fourth-order valence-corrected chi connectivity index (χ4v) is 4.06. The van der Waals surface area contributed by atoms with Gasteiger partial charge in [0.2, 0.25) is 10.0 Å². The van der Waals surface area contributed by atoms with Gasteiger partial charge in [0, 0.05) is 0 Å². The largest absolute Gasteiger partial charge is 0.497 e. The van der Waals surface area contributed by atoms with Crippen LogP contribution in [0.15, 0.2) is 77.7 Å². The summed E-state index contributed by atoms with van der Waals surface area (Å²) in [5.41, 5.74) is 0.978. The van der Waals surface area contributed by atoms with Gasteiger partial charge in [0.05, 0.1) is 25.2 Å². The molecule has 32 heavy (non-hydrogen) atoms. The molecule has 7 nitrogen and oxygen atoms in total. The second kappa shape index (κ2) is 10.9. The Balaban J connectivity index is 1.71. The second-order valence-electron chi connectivity index (χ2n) is 7.10. The minimum atomic E-state index is -3.76. The van der Waals surface area contributed by atoms with Gasteiger partial charge in [0.15, 0.2) is 0 Å². The SMILES string of the molecule is COc1ccc(OCC(COc2ccc(OC)cc2)NS(=O)(=O)c2ccc(C)cc2)cc1. The van der Waals surface area contributed by atoms with Crippen molar-refractivity contribution in [3.63, 3.8) is 0 Å². The number of nitrogens with one attached hydrogen (secondary N) is 1. The smallest absolute Gasteiger partial charge is 0.241 e. The van der Waals surface area contributed by atoms with Crippen LogP contribution in [-0.4, -0.2) is 41.9 Å². The van der Waals surface area contributed by atoms with Crippen LogP contribution in [0.1, 0.15) is 5.56 Å². The lowest BCUT2D eigenvalue weighted by molar-refractivity contribution is 0.210. The van der Waals surface area contributed by atoms with Crippen LogP contribution in [0.2, 0.25) is 0 Å². The Kier molecular flexibility index (Phi) is 7.97. The highest BCUT2D eigenvalue weighted by Gasteiger charge is 2.21. The highest BCUT2D eigenvalue weighted by atomic mass is 32.2. The minimum absolute atomic E-state index is 0.0770. The number of rotatable bonds is 11. The molecule has 0 saturated heterocycles. The zero-order valence-corrected chi connectivity index (χ0v) is 19.1. The van der Waals surface area contributed by atoms with Crippen LogP contribution in [0.3, 0.4) is 0 Å². The number of hydrogen-bond acceptors (Lipinski definition) is 6. The second-order valence-corrected chi connectivity index (χ2v) is 8.82. The summed E-state index contributed by atoms with van der Waals surface area (Å²) in [6, 6.07) is 20.1. The molecular weight excluding hydrogens is 430 g/mol. The molecule has 8 heteroatoms. The molecule has 0 aliphatic rings. The van der Waals surface area contributed by atoms with E-state index in [0.717, 1.165) is 5.56 Å². The average Bonchev–Trinajstić information content (AvgIpc) is 2.81. The van der Waals surface area contributed by atoms with Crippen LogP contribution >= 0.6 is 0 Å². The highest BCUT2D eigenvalue weighted by molar-refractivity contribution is 7.89. The van der Waals surface area contributed by atoms with Crippen LogP contribution < -0.4 is 23.7 Å². The van der Waals surface area contributed by atoms with Crippen molar-refractivity contribution >= 4 is 10.0 Å². The van der Waals surface area contributed by atoms with Gasteiger partial charge in [-0.3, -0.25) is 0 Å². The van der Waals surface area contributed by atoms with Gasteiger partial charge in [-0.1, -0.05) is 17.7 Å². The van der Waals surface area contributed by atoms with Crippen molar-refractivity contribution < 1.29 is 27.4 Å². The lowest BCUT2D eigenvalue weighted by atomic mass is 10.2. The maximum absolute atomic E-state index is 12.9. The van der Waals surface area contributed by atoms with Crippen molar-refractivity contribution in [2.75, 3.05) is 27.4 Å². The Morgan fingerprint density at radius 1 is 0.688 bits per heavy atom. The molecule has 0 aliphatic carbocycles. The average molecular weight is 458 g/mol. The summed E-state index contributed by atoms with van der Waals surface area (Å²) in [6.45, 7) is 2.05.